The first-order chi connectivity index (χ1) is 9.72. The van der Waals surface area contributed by atoms with Gasteiger partial charge in [0.25, 0.3) is 5.91 Å². The molecule has 5 nitrogen and oxygen atoms in total. The topological polar surface area (TPSA) is 74.2 Å². The number of carbonyl (C=O) groups is 1. The SMILES string of the molecule is CCNCc1ccccc1NC(=O)c1ccncc1O. The lowest BCUT2D eigenvalue weighted by atomic mass is 10.1. The molecular weight excluding hydrogens is 254 g/mol. The van der Waals surface area contributed by atoms with Gasteiger partial charge in [-0.1, -0.05) is 25.1 Å². The van der Waals surface area contributed by atoms with Crippen LogP contribution in [0.2, 0.25) is 0 Å². The standard InChI is InChI=1S/C15H17N3O2/c1-2-16-9-11-5-3-4-6-13(11)18-15(20)12-7-8-17-10-14(12)19/h3-8,10,16,19H,2,9H2,1H3,(H,18,20). The summed E-state index contributed by atoms with van der Waals surface area (Å²) in [5, 5.41) is 15.7. The van der Waals surface area contributed by atoms with Gasteiger partial charge in [-0.2, -0.15) is 0 Å². The molecule has 0 aliphatic rings. The molecule has 0 atom stereocenters. The highest BCUT2D eigenvalue weighted by Gasteiger charge is 2.12. The Labute approximate surface area is 117 Å². The van der Waals surface area contributed by atoms with Crippen molar-refractivity contribution in [2.24, 2.45) is 0 Å². The van der Waals surface area contributed by atoms with E-state index in [2.05, 4.69) is 15.6 Å². The molecule has 0 bridgehead atoms. The van der Waals surface area contributed by atoms with Crippen LogP contribution in [0.1, 0.15) is 22.8 Å². The average Bonchev–Trinajstić information content (AvgIpc) is 2.46. The maximum absolute atomic E-state index is 12.1. The minimum atomic E-state index is -0.353. The first kappa shape index (κ1) is 14.0. The quantitative estimate of drug-likeness (QED) is 0.779. The monoisotopic (exact) mass is 271 g/mol. The number of hydrogen-bond donors (Lipinski definition) is 3. The Morgan fingerprint density at radius 1 is 1.30 bits per heavy atom. The highest BCUT2D eigenvalue weighted by molar-refractivity contribution is 6.06. The molecule has 0 unspecified atom stereocenters. The largest absolute Gasteiger partial charge is 0.505 e. The van der Waals surface area contributed by atoms with Crippen molar-refractivity contribution >= 4 is 11.6 Å². The van der Waals surface area contributed by atoms with Crippen molar-refractivity contribution in [3.63, 3.8) is 0 Å². The van der Waals surface area contributed by atoms with E-state index in [0.717, 1.165) is 17.8 Å². The highest BCUT2D eigenvalue weighted by atomic mass is 16.3. The Morgan fingerprint density at radius 3 is 2.85 bits per heavy atom. The molecule has 0 radical (unpaired) electrons. The summed E-state index contributed by atoms with van der Waals surface area (Å²) in [6.45, 7) is 3.55. The highest BCUT2D eigenvalue weighted by Crippen LogP contribution is 2.19. The lowest BCUT2D eigenvalue weighted by molar-refractivity contribution is 0.102. The molecule has 2 rings (SSSR count). The summed E-state index contributed by atoms with van der Waals surface area (Å²) in [5.41, 5.74) is 1.93. The number of rotatable bonds is 5. The summed E-state index contributed by atoms with van der Waals surface area (Å²) >= 11 is 0. The van der Waals surface area contributed by atoms with Crippen LogP contribution in [0.15, 0.2) is 42.7 Å². The van der Waals surface area contributed by atoms with E-state index in [4.69, 9.17) is 0 Å². The first-order valence-corrected chi connectivity index (χ1v) is 6.45. The molecule has 0 aliphatic carbocycles. The van der Waals surface area contributed by atoms with Gasteiger partial charge in [0.05, 0.1) is 11.8 Å². The Balaban J connectivity index is 2.18. The number of carbonyl (C=O) groups excluding carboxylic acids is 1. The van der Waals surface area contributed by atoms with Gasteiger partial charge in [0.2, 0.25) is 0 Å². The molecule has 1 heterocycles. The van der Waals surface area contributed by atoms with Crippen LogP contribution in [0.25, 0.3) is 0 Å². The molecule has 3 N–H and O–H groups in total. The molecule has 0 spiro atoms. The second kappa shape index (κ2) is 6.68. The van der Waals surface area contributed by atoms with Crippen molar-refractivity contribution in [3.05, 3.63) is 53.9 Å². The molecule has 1 aromatic carbocycles. The van der Waals surface area contributed by atoms with E-state index >= 15 is 0 Å². The molecule has 20 heavy (non-hydrogen) atoms. The second-order valence-electron chi connectivity index (χ2n) is 4.28. The van der Waals surface area contributed by atoms with Gasteiger partial charge in [0, 0.05) is 18.4 Å². The zero-order valence-corrected chi connectivity index (χ0v) is 11.3. The van der Waals surface area contributed by atoms with E-state index in [1.165, 1.54) is 18.5 Å². The van der Waals surface area contributed by atoms with E-state index in [1.54, 1.807) is 0 Å². The Bertz CT molecular complexity index is 599. The van der Waals surface area contributed by atoms with Crippen LogP contribution in [-0.4, -0.2) is 22.5 Å². The third kappa shape index (κ3) is 3.33. The Kier molecular flexibility index (Phi) is 4.68. The van der Waals surface area contributed by atoms with Crippen LogP contribution in [0.5, 0.6) is 5.75 Å². The molecule has 1 aromatic heterocycles. The predicted molar refractivity (Wildman–Crippen MR) is 77.7 cm³/mol. The number of hydrogen-bond acceptors (Lipinski definition) is 4. The molecule has 0 aliphatic heterocycles. The maximum atomic E-state index is 12.1. The number of para-hydroxylation sites is 1. The number of aromatic nitrogens is 1. The van der Waals surface area contributed by atoms with Gasteiger partial charge in [-0.15, -0.1) is 0 Å². The minimum Gasteiger partial charge on any atom is -0.505 e. The number of anilines is 1. The summed E-state index contributed by atoms with van der Waals surface area (Å²) in [6.07, 6.45) is 2.72. The van der Waals surface area contributed by atoms with Crippen LogP contribution >= 0.6 is 0 Å². The third-order valence-electron chi connectivity index (χ3n) is 2.88. The number of nitrogens with one attached hydrogen (secondary N) is 2. The van der Waals surface area contributed by atoms with Gasteiger partial charge in [0.1, 0.15) is 5.75 Å². The number of amides is 1. The van der Waals surface area contributed by atoms with Gasteiger partial charge in [-0.25, -0.2) is 0 Å². The number of nitrogens with zero attached hydrogens (tertiary/aromatic N) is 1. The smallest absolute Gasteiger partial charge is 0.259 e. The molecular formula is C15H17N3O2. The summed E-state index contributed by atoms with van der Waals surface area (Å²) in [5.74, 6) is -0.483. The van der Waals surface area contributed by atoms with E-state index in [9.17, 15) is 9.90 Å². The van der Waals surface area contributed by atoms with Crippen molar-refractivity contribution in [2.45, 2.75) is 13.5 Å². The molecule has 0 saturated carbocycles. The van der Waals surface area contributed by atoms with Gasteiger partial charge >= 0.3 is 0 Å². The second-order valence-corrected chi connectivity index (χ2v) is 4.28. The molecule has 0 saturated heterocycles. The van der Waals surface area contributed by atoms with Crippen molar-refractivity contribution < 1.29 is 9.90 Å². The van der Waals surface area contributed by atoms with Crippen LogP contribution in [0.3, 0.4) is 0 Å². The fraction of sp³-hybridized carbons (Fsp3) is 0.200. The minimum absolute atomic E-state index is 0.130. The fourth-order valence-electron chi connectivity index (χ4n) is 1.82. The first-order valence-electron chi connectivity index (χ1n) is 6.45. The summed E-state index contributed by atoms with van der Waals surface area (Å²) in [4.78, 5) is 15.9. The summed E-state index contributed by atoms with van der Waals surface area (Å²) in [6, 6.07) is 9.05. The van der Waals surface area contributed by atoms with Gasteiger partial charge in [-0.05, 0) is 24.2 Å². The van der Waals surface area contributed by atoms with E-state index in [0.29, 0.717) is 6.54 Å². The van der Waals surface area contributed by atoms with E-state index in [-0.39, 0.29) is 17.2 Å². The maximum Gasteiger partial charge on any atom is 0.259 e. The molecule has 2 aromatic rings. The Hall–Kier alpha value is -2.40. The van der Waals surface area contributed by atoms with Crippen LogP contribution in [-0.2, 0) is 6.54 Å². The van der Waals surface area contributed by atoms with Crippen molar-refractivity contribution in [2.75, 3.05) is 11.9 Å². The molecule has 0 fully saturated rings. The van der Waals surface area contributed by atoms with Gasteiger partial charge < -0.3 is 15.7 Å². The number of benzene rings is 1. The van der Waals surface area contributed by atoms with E-state index < -0.39 is 0 Å². The zero-order chi connectivity index (χ0) is 14.4. The lowest BCUT2D eigenvalue weighted by Crippen LogP contribution is -2.17. The van der Waals surface area contributed by atoms with Crippen LogP contribution in [0, 0.1) is 0 Å². The van der Waals surface area contributed by atoms with Gasteiger partial charge in [0.15, 0.2) is 0 Å². The summed E-state index contributed by atoms with van der Waals surface area (Å²) < 4.78 is 0. The van der Waals surface area contributed by atoms with Crippen molar-refractivity contribution in [1.29, 1.82) is 0 Å². The van der Waals surface area contributed by atoms with Crippen LogP contribution < -0.4 is 10.6 Å². The lowest BCUT2D eigenvalue weighted by Gasteiger charge is -2.11. The normalized spacial score (nSPS) is 10.2. The molecule has 104 valence electrons. The molecule has 5 heteroatoms. The molecule has 1 amide bonds. The predicted octanol–water partition coefficient (Wildman–Crippen LogP) is 2.15. The third-order valence-corrected chi connectivity index (χ3v) is 2.88. The van der Waals surface area contributed by atoms with Crippen molar-refractivity contribution in [3.8, 4) is 5.75 Å². The average molecular weight is 271 g/mol. The summed E-state index contributed by atoms with van der Waals surface area (Å²) in [7, 11) is 0. The zero-order valence-electron chi connectivity index (χ0n) is 11.3. The van der Waals surface area contributed by atoms with Crippen molar-refractivity contribution in [1.82, 2.24) is 10.3 Å². The van der Waals surface area contributed by atoms with Gasteiger partial charge in [-0.3, -0.25) is 9.78 Å². The Morgan fingerprint density at radius 2 is 2.10 bits per heavy atom. The number of aromatic hydroxyl groups is 1. The van der Waals surface area contributed by atoms with E-state index in [1.807, 2.05) is 31.2 Å². The van der Waals surface area contributed by atoms with Crippen LogP contribution in [0.4, 0.5) is 5.69 Å². The fourth-order valence-corrected chi connectivity index (χ4v) is 1.82. The number of pyridine rings is 1.